The molecule has 5 heteroatoms. The predicted octanol–water partition coefficient (Wildman–Crippen LogP) is 4.01. The lowest BCUT2D eigenvalue weighted by Gasteiger charge is -2.18. The van der Waals surface area contributed by atoms with Gasteiger partial charge in [-0.3, -0.25) is 9.59 Å². The van der Waals surface area contributed by atoms with E-state index in [2.05, 4.69) is 28.1 Å². The van der Waals surface area contributed by atoms with E-state index in [4.69, 9.17) is 0 Å². The molecule has 0 unspecified atom stereocenters. The molecule has 0 fully saturated rings. The average Bonchev–Trinajstić information content (AvgIpc) is 2.52. The van der Waals surface area contributed by atoms with E-state index in [1.54, 1.807) is 12.1 Å². The number of nitrogens with one attached hydrogen (secondary N) is 3. The van der Waals surface area contributed by atoms with Gasteiger partial charge in [0, 0.05) is 24.0 Å². The Morgan fingerprint density at radius 2 is 1.40 bits per heavy atom. The molecule has 25 heavy (non-hydrogen) atoms. The lowest BCUT2D eigenvalue weighted by Crippen LogP contribution is -2.32. The number of aryl methyl sites for hydroxylation is 3. The SMILES string of the molecule is CC(=O)Nc1ccc(N[C@@H](C)C(=O)Nc2c(C)cc(C)cc2C)cc1. The van der Waals surface area contributed by atoms with Crippen molar-refractivity contribution in [3.63, 3.8) is 0 Å². The molecule has 0 spiro atoms. The third-order valence-electron chi connectivity index (χ3n) is 3.91. The summed E-state index contributed by atoms with van der Waals surface area (Å²) in [7, 11) is 0. The van der Waals surface area contributed by atoms with Crippen molar-refractivity contribution in [1.29, 1.82) is 0 Å². The van der Waals surface area contributed by atoms with Gasteiger partial charge in [0.2, 0.25) is 11.8 Å². The van der Waals surface area contributed by atoms with Gasteiger partial charge in [0.15, 0.2) is 0 Å². The second-order valence-corrected chi connectivity index (χ2v) is 6.39. The van der Waals surface area contributed by atoms with Crippen molar-refractivity contribution < 1.29 is 9.59 Å². The second-order valence-electron chi connectivity index (χ2n) is 6.39. The van der Waals surface area contributed by atoms with E-state index < -0.39 is 6.04 Å². The molecule has 1 atom stereocenters. The summed E-state index contributed by atoms with van der Waals surface area (Å²) < 4.78 is 0. The van der Waals surface area contributed by atoms with Crippen LogP contribution in [0.4, 0.5) is 17.1 Å². The Bertz CT molecular complexity index is 759. The van der Waals surface area contributed by atoms with Crippen LogP contribution in [0.15, 0.2) is 36.4 Å². The molecule has 0 heterocycles. The van der Waals surface area contributed by atoms with Gasteiger partial charge < -0.3 is 16.0 Å². The molecule has 2 aromatic carbocycles. The van der Waals surface area contributed by atoms with Crippen LogP contribution in [0.25, 0.3) is 0 Å². The molecule has 5 nitrogen and oxygen atoms in total. The summed E-state index contributed by atoms with van der Waals surface area (Å²) in [6.45, 7) is 9.31. The van der Waals surface area contributed by atoms with Crippen LogP contribution in [0.2, 0.25) is 0 Å². The first-order chi connectivity index (χ1) is 11.8. The summed E-state index contributed by atoms with van der Waals surface area (Å²) in [6.07, 6.45) is 0. The number of carbonyl (C=O) groups excluding carboxylic acids is 2. The van der Waals surface area contributed by atoms with E-state index in [0.717, 1.165) is 28.2 Å². The molecule has 0 aliphatic heterocycles. The minimum Gasteiger partial charge on any atom is -0.374 e. The van der Waals surface area contributed by atoms with Crippen LogP contribution in [-0.4, -0.2) is 17.9 Å². The number of benzene rings is 2. The van der Waals surface area contributed by atoms with Gasteiger partial charge >= 0.3 is 0 Å². The fraction of sp³-hybridized carbons (Fsp3) is 0.300. The van der Waals surface area contributed by atoms with Crippen molar-refractivity contribution in [2.75, 3.05) is 16.0 Å². The first-order valence-corrected chi connectivity index (χ1v) is 8.29. The molecule has 3 N–H and O–H groups in total. The van der Waals surface area contributed by atoms with Crippen LogP contribution in [0.3, 0.4) is 0 Å². The zero-order chi connectivity index (χ0) is 18.6. The Hall–Kier alpha value is -2.82. The van der Waals surface area contributed by atoms with Gasteiger partial charge in [-0.05, 0) is 63.1 Å². The topological polar surface area (TPSA) is 70.2 Å². The number of amides is 2. The number of hydrogen-bond donors (Lipinski definition) is 3. The normalized spacial score (nSPS) is 11.6. The maximum atomic E-state index is 12.5. The molecule has 0 saturated carbocycles. The molecule has 0 aromatic heterocycles. The highest BCUT2D eigenvalue weighted by Crippen LogP contribution is 2.22. The molecular weight excluding hydrogens is 314 g/mol. The second kappa shape index (κ2) is 7.83. The highest BCUT2D eigenvalue weighted by molar-refractivity contribution is 5.97. The number of rotatable bonds is 5. The van der Waals surface area contributed by atoms with Crippen LogP contribution in [-0.2, 0) is 9.59 Å². The van der Waals surface area contributed by atoms with Gasteiger partial charge in [0.05, 0.1) is 0 Å². The Balaban J connectivity index is 2.02. The van der Waals surface area contributed by atoms with Crippen LogP contribution in [0.1, 0.15) is 30.5 Å². The maximum Gasteiger partial charge on any atom is 0.246 e. The van der Waals surface area contributed by atoms with E-state index in [0.29, 0.717) is 0 Å². The monoisotopic (exact) mass is 339 g/mol. The van der Waals surface area contributed by atoms with E-state index in [1.165, 1.54) is 12.5 Å². The Morgan fingerprint density at radius 3 is 1.92 bits per heavy atom. The third-order valence-corrected chi connectivity index (χ3v) is 3.91. The van der Waals surface area contributed by atoms with Crippen LogP contribution < -0.4 is 16.0 Å². The molecular formula is C20H25N3O2. The van der Waals surface area contributed by atoms with Gasteiger partial charge in [-0.25, -0.2) is 0 Å². The van der Waals surface area contributed by atoms with Crippen LogP contribution in [0, 0.1) is 20.8 Å². The first kappa shape index (κ1) is 18.5. The molecule has 2 aromatic rings. The highest BCUT2D eigenvalue weighted by Gasteiger charge is 2.15. The molecule has 0 aliphatic carbocycles. The lowest BCUT2D eigenvalue weighted by molar-refractivity contribution is -0.116. The van der Waals surface area contributed by atoms with Crippen molar-refractivity contribution in [1.82, 2.24) is 0 Å². The summed E-state index contributed by atoms with van der Waals surface area (Å²) in [5.74, 6) is -0.210. The Labute approximate surface area is 148 Å². The average molecular weight is 339 g/mol. The number of hydrogen-bond acceptors (Lipinski definition) is 3. The van der Waals surface area contributed by atoms with E-state index >= 15 is 0 Å². The molecule has 0 radical (unpaired) electrons. The Morgan fingerprint density at radius 1 is 0.880 bits per heavy atom. The van der Waals surface area contributed by atoms with Crippen molar-refractivity contribution in [3.8, 4) is 0 Å². The first-order valence-electron chi connectivity index (χ1n) is 8.29. The van der Waals surface area contributed by atoms with Crippen molar-refractivity contribution in [2.24, 2.45) is 0 Å². The summed E-state index contributed by atoms with van der Waals surface area (Å²) in [5, 5.41) is 8.88. The van der Waals surface area contributed by atoms with Gasteiger partial charge in [0.25, 0.3) is 0 Å². The standard InChI is InChI=1S/C20H25N3O2/c1-12-10-13(2)19(14(3)11-12)23-20(25)15(4)21-17-6-8-18(9-7-17)22-16(5)24/h6-11,15,21H,1-5H3,(H,22,24)(H,23,25)/t15-/m0/s1. The lowest BCUT2D eigenvalue weighted by atomic mass is 10.0. The third kappa shape index (κ3) is 5.08. The summed E-state index contributed by atoms with van der Waals surface area (Å²) in [4.78, 5) is 23.5. The molecule has 0 aliphatic rings. The van der Waals surface area contributed by atoms with E-state index in [-0.39, 0.29) is 11.8 Å². The van der Waals surface area contributed by atoms with Gasteiger partial charge in [-0.1, -0.05) is 17.7 Å². The van der Waals surface area contributed by atoms with Gasteiger partial charge in [-0.15, -0.1) is 0 Å². The minimum atomic E-state index is -0.397. The maximum absolute atomic E-state index is 12.5. The van der Waals surface area contributed by atoms with E-state index in [1.807, 2.05) is 39.8 Å². The smallest absolute Gasteiger partial charge is 0.246 e. The molecule has 0 saturated heterocycles. The summed E-state index contributed by atoms with van der Waals surface area (Å²) in [6, 6.07) is 11.0. The fourth-order valence-electron chi connectivity index (χ4n) is 2.78. The molecule has 2 amide bonds. The van der Waals surface area contributed by atoms with E-state index in [9.17, 15) is 9.59 Å². The number of anilines is 3. The molecule has 0 bridgehead atoms. The largest absolute Gasteiger partial charge is 0.374 e. The fourth-order valence-corrected chi connectivity index (χ4v) is 2.78. The molecule has 2 rings (SSSR count). The molecule has 132 valence electrons. The van der Waals surface area contributed by atoms with Crippen LogP contribution in [0.5, 0.6) is 0 Å². The predicted molar refractivity (Wildman–Crippen MR) is 103 cm³/mol. The van der Waals surface area contributed by atoms with Gasteiger partial charge in [-0.2, -0.15) is 0 Å². The summed E-state index contributed by atoms with van der Waals surface area (Å²) >= 11 is 0. The minimum absolute atomic E-state index is 0.0963. The number of carbonyl (C=O) groups is 2. The van der Waals surface area contributed by atoms with Gasteiger partial charge in [0.1, 0.15) is 6.04 Å². The highest BCUT2D eigenvalue weighted by atomic mass is 16.2. The quantitative estimate of drug-likeness (QED) is 0.771. The van der Waals surface area contributed by atoms with Crippen molar-refractivity contribution in [2.45, 2.75) is 40.7 Å². The van der Waals surface area contributed by atoms with Crippen molar-refractivity contribution >= 4 is 28.9 Å². The van der Waals surface area contributed by atoms with Crippen LogP contribution >= 0.6 is 0 Å². The zero-order valence-electron chi connectivity index (χ0n) is 15.4. The summed E-state index contributed by atoms with van der Waals surface area (Å²) in [5.41, 5.74) is 5.69. The Kier molecular flexibility index (Phi) is 5.80. The van der Waals surface area contributed by atoms with Crippen molar-refractivity contribution in [3.05, 3.63) is 53.1 Å². The zero-order valence-corrected chi connectivity index (χ0v) is 15.4.